The summed E-state index contributed by atoms with van der Waals surface area (Å²) in [5, 5.41) is 0.768. The highest BCUT2D eigenvalue weighted by Crippen LogP contribution is 2.36. The van der Waals surface area contributed by atoms with Gasteiger partial charge in [0, 0.05) is 17.8 Å². The van der Waals surface area contributed by atoms with Crippen LogP contribution in [0.2, 0.25) is 4.34 Å². The maximum Gasteiger partial charge on any atom is 0.280 e. The van der Waals surface area contributed by atoms with Gasteiger partial charge in [0.2, 0.25) is 0 Å². The lowest BCUT2D eigenvalue weighted by molar-refractivity contribution is 0.590. The van der Waals surface area contributed by atoms with E-state index in [4.69, 9.17) is 11.6 Å². The number of aromatic nitrogens is 2. The molecule has 0 aliphatic carbocycles. The molecule has 0 saturated heterocycles. The monoisotopic (exact) mass is 376 g/mol. The van der Waals surface area contributed by atoms with Gasteiger partial charge < -0.3 is 0 Å². The standard InChI is InChI=1S/C11H6BrClN2O2S2/c12-8-6-9(13)18-11(8)19(16,17)15-5-3-7-2-1-4-14-10(7)15/h1-6H. The Morgan fingerprint density at radius 3 is 2.84 bits per heavy atom. The van der Waals surface area contributed by atoms with E-state index in [1.807, 2.05) is 6.07 Å². The predicted molar refractivity (Wildman–Crippen MR) is 79.3 cm³/mol. The number of pyridine rings is 1. The van der Waals surface area contributed by atoms with Crippen LogP contribution in [0.15, 0.2) is 45.3 Å². The lowest BCUT2D eigenvalue weighted by Gasteiger charge is -2.05. The molecule has 3 rings (SSSR count). The van der Waals surface area contributed by atoms with Gasteiger partial charge in [0.15, 0.2) is 9.86 Å². The van der Waals surface area contributed by atoms with E-state index in [-0.39, 0.29) is 4.21 Å². The van der Waals surface area contributed by atoms with Gasteiger partial charge >= 0.3 is 0 Å². The first-order chi connectivity index (χ1) is 9.00. The zero-order valence-corrected chi connectivity index (χ0v) is 13.2. The Morgan fingerprint density at radius 2 is 2.16 bits per heavy atom. The van der Waals surface area contributed by atoms with Crippen molar-refractivity contribution in [3.8, 4) is 0 Å². The van der Waals surface area contributed by atoms with Crippen LogP contribution >= 0.6 is 38.9 Å². The highest BCUT2D eigenvalue weighted by atomic mass is 79.9. The Hall–Kier alpha value is -0.890. The minimum atomic E-state index is -3.69. The number of hydrogen-bond acceptors (Lipinski definition) is 4. The Morgan fingerprint density at radius 1 is 1.37 bits per heavy atom. The zero-order valence-electron chi connectivity index (χ0n) is 9.25. The van der Waals surface area contributed by atoms with Gasteiger partial charge in [0.05, 0.1) is 8.81 Å². The predicted octanol–water partition coefficient (Wildman–Crippen LogP) is 3.75. The second kappa shape index (κ2) is 4.59. The van der Waals surface area contributed by atoms with Crippen LogP contribution in [0.3, 0.4) is 0 Å². The van der Waals surface area contributed by atoms with E-state index in [1.165, 1.54) is 6.20 Å². The molecular formula is C11H6BrClN2O2S2. The van der Waals surface area contributed by atoms with E-state index in [1.54, 1.807) is 24.4 Å². The average molecular weight is 378 g/mol. The third kappa shape index (κ3) is 2.10. The molecule has 4 nitrogen and oxygen atoms in total. The van der Waals surface area contributed by atoms with Crippen molar-refractivity contribution in [3.63, 3.8) is 0 Å². The molecule has 0 spiro atoms. The lowest BCUT2D eigenvalue weighted by Crippen LogP contribution is -2.11. The second-order valence-electron chi connectivity index (χ2n) is 3.72. The van der Waals surface area contributed by atoms with Gasteiger partial charge in [-0.3, -0.25) is 0 Å². The minimum absolute atomic E-state index is 0.167. The molecule has 0 aromatic carbocycles. The fourth-order valence-electron chi connectivity index (χ4n) is 1.73. The van der Waals surface area contributed by atoms with Gasteiger partial charge in [-0.15, -0.1) is 11.3 Å². The van der Waals surface area contributed by atoms with Crippen molar-refractivity contribution in [2.45, 2.75) is 4.21 Å². The molecule has 0 radical (unpaired) electrons. The van der Waals surface area contributed by atoms with Gasteiger partial charge in [0.25, 0.3) is 10.0 Å². The zero-order chi connectivity index (χ0) is 13.6. The summed E-state index contributed by atoms with van der Waals surface area (Å²) in [4.78, 5) is 4.11. The van der Waals surface area contributed by atoms with Crippen molar-refractivity contribution in [1.82, 2.24) is 8.96 Å². The molecule has 8 heteroatoms. The summed E-state index contributed by atoms with van der Waals surface area (Å²) in [7, 11) is -3.69. The van der Waals surface area contributed by atoms with Crippen molar-refractivity contribution in [3.05, 3.63) is 45.5 Å². The van der Waals surface area contributed by atoms with Crippen LogP contribution in [-0.4, -0.2) is 17.4 Å². The molecule has 0 aliphatic heterocycles. The smallest absolute Gasteiger partial charge is 0.237 e. The maximum absolute atomic E-state index is 12.6. The van der Waals surface area contributed by atoms with Crippen LogP contribution in [0.5, 0.6) is 0 Å². The van der Waals surface area contributed by atoms with Crippen molar-refractivity contribution in [1.29, 1.82) is 0 Å². The summed E-state index contributed by atoms with van der Waals surface area (Å²) >= 11 is 10.1. The van der Waals surface area contributed by atoms with E-state index in [2.05, 4.69) is 20.9 Å². The van der Waals surface area contributed by atoms with Crippen molar-refractivity contribution >= 4 is 59.9 Å². The largest absolute Gasteiger partial charge is 0.280 e. The SMILES string of the molecule is O=S(=O)(c1sc(Cl)cc1Br)n1ccc2cccnc21. The fourth-order valence-corrected chi connectivity index (χ4v) is 6.10. The molecule has 0 aliphatic rings. The summed E-state index contributed by atoms with van der Waals surface area (Å²) in [5.74, 6) is 0. The van der Waals surface area contributed by atoms with Gasteiger partial charge in [-0.1, -0.05) is 11.6 Å². The molecule has 0 N–H and O–H groups in total. The molecule has 19 heavy (non-hydrogen) atoms. The Bertz CT molecular complexity index is 870. The fraction of sp³-hybridized carbons (Fsp3) is 0. The number of rotatable bonds is 2. The van der Waals surface area contributed by atoms with E-state index in [0.717, 1.165) is 20.7 Å². The molecule has 98 valence electrons. The number of thiophene rings is 1. The molecule has 0 unspecified atom stereocenters. The first kappa shape index (κ1) is 13.1. The van der Waals surface area contributed by atoms with Crippen LogP contribution in [0.25, 0.3) is 11.0 Å². The molecule has 0 amide bonds. The van der Waals surface area contributed by atoms with Crippen LogP contribution < -0.4 is 0 Å². The van der Waals surface area contributed by atoms with E-state index in [0.29, 0.717) is 14.5 Å². The molecule has 0 bridgehead atoms. The van der Waals surface area contributed by atoms with Crippen LogP contribution in [0.1, 0.15) is 0 Å². The molecule has 3 aromatic rings. The Labute approximate surface area is 126 Å². The summed E-state index contributed by atoms with van der Waals surface area (Å²) in [6, 6.07) is 6.85. The highest BCUT2D eigenvalue weighted by Gasteiger charge is 2.24. The second-order valence-corrected chi connectivity index (χ2v) is 8.27. The molecule has 0 saturated carbocycles. The van der Waals surface area contributed by atoms with Gasteiger partial charge in [-0.25, -0.2) is 8.96 Å². The van der Waals surface area contributed by atoms with Crippen LogP contribution in [0, 0.1) is 0 Å². The van der Waals surface area contributed by atoms with Crippen LogP contribution in [-0.2, 0) is 10.0 Å². The molecule has 3 aromatic heterocycles. The number of halogens is 2. The van der Waals surface area contributed by atoms with Crippen LogP contribution in [0.4, 0.5) is 0 Å². The van der Waals surface area contributed by atoms with E-state index >= 15 is 0 Å². The Balaban J connectivity index is 2.28. The first-order valence-corrected chi connectivity index (χ1v) is 8.55. The van der Waals surface area contributed by atoms with E-state index < -0.39 is 10.0 Å². The highest BCUT2D eigenvalue weighted by molar-refractivity contribution is 9.10. The molecule has 0 atom stereocenters. The van der Waals surface area contributed by atoms with Gasteiger partial charge in [0.1, 0.15) is 0 Å². The molecule has 3 heterocycles. The summed E-state index contributed by atoms with van der Waals surface area (Å²) < 4.78 is 27.4. The molecule has 0 fully saturated rings. The lowest BCUT2D eigenvalue weighted by atomic mass is 10.3. The third-order valence-corrected chi connectivity index (χ3v) is 7.13. The topological polar surface area (TPSA) is 52.0 Å². The number of hydrogen-bond donors (Lipinski definition) is 0. The maximum atomic E-state index is 12.6. The van der Waals surface area contributed by atoms with Crippen molar-refractivity contribution in [2.75, 3.05) is 0 Å². The summed E-state index contributed by atoms with van der Waals surface area (Å²) in [6.07, 6.45) is 3.05. The third-order valence-electron chi connectivity index (χ3n) is 2.53. The number of nitrogens with zero attached hydrogens (tertiary/aromatic N) is 2. The van der Waals surface area contributed by atoms with Gasteiger partial charge in [-0.05, 0) is 40.2 Å². The normalized spacial score (nSPS) is 12.1. The average Bonchev–Trinajstić information content (AvgIpc) is 2.93. The summed E-state index contributed by atoms with van der Waals surface area (Å²) in [6.45, 7) is 0. The summed E-state index contributed by atoms with van der Waals surface area (Å²) in [5.41, 5.74) is 0.402. The number of fused-ring (bicyclic) bond motifs is 1. The van der Waals surface area contributed by atoms with E-state index in [9.17, 15) is 8.42 Å². The van der Waals surface area contributed by atoms with Gasteiger partial charge in [-0.2, -0.15) is 8.42 Å². The van der Waals surface area contributed by atoms with Crippen molar-refractivity contribution in [2.24, 2.45) is 0 Å². The quantitative estimate of drug-likeness (QED) is 0.683. The first-order valence-electron chi connectivity index (χ1n) is 5.12. The van der Waals surface area contributed by atoms with Crippen molar-refractivity contribution < 1.29 is 8.42 Å². The Kier molecular flexibility index (Phi) is 3.17. The minimum Gasteiger partial charge on any atom is -0.237 e. The molecular weight excluding hydrogens is 372 g/mol.